The van der Waals surface area contributed by atoms with Gasteiger partial charge in [0, 0.05) is 18.7 Å². The Morgan fingerprint density at radius 2 is 1.93 bits per heavy atom. The van der Waals surface area contributed by atoms with Crippen molar-refractivity contribution in [1.29, 1.82) is 0 Å². The summed E-state index contributed by atoms with van der Waals surface area (Å²) in [5.74, 6) is 2.27. The van der Waals surface area contributed by atoms with E-state index in [0.29, 0.717) is 24.7 Å². The smallest absolute Gasteiger partial charge is 0.161 e. The Bertz CT molecular complexity index is 881. The summed E-state index contributed by atoms with van der Waals surface area (Å²) >= 11 is 0. The number of hydrogen-bond acceptors (Lipinski definition) is 6. The fourth-order valence-electron chi connectivity index (χ4n) is 4.09. The van der Waals surface area contributed by atoms with Crippen molar-refractivity contribution < 1.29 is 24.1 Å². The van der Waals surface area contributed by atoms with Gasteiger partial charge in [-0.25, -0.2) is 0 Å². The van der Waals surface area contributed by atoms with Crippen molar-refractivity contribution in [2.24, 2.45) is 0 Å². The Balaban J connectivity index is 1.62. The van der Waals surface area contributed by atoms with Crippen LogP contribution < -0.4 is 14.2 Å². The molecule has 0 aromatic heterocycles. The quantitative estimate of drug-likeness (QED) is 0.809. The SMILES string of the molecule is COc1ccc([C@H]2[C@H](CO)OCCN2CC2=Cc3ccccc3OC2)cc1OC. The molecule has 2 aliphatic heterocycles. The predicted molar refractivity (Wildman–Crippen MR) is 111 cm³/mol. The lowest BCUT2D eigenvalue weighted by molar-refractivity contribution is -0.0906. The molecular weight excluding hydrogens is 370 g/mol. The van der Waals surface area contributed by atoms with Crippen LogP contribution in [0, 0.1) is 0 Å². The molecule has 2 aliphatic rings. The zero-order chi connectivity index (χ0) is 20.2. The second kappa shape index (κ2) is 8.86. The first-order chi connectivity index (χ1) is 14.2. The molecule has 0 bridgehead atoms. The van der Waals surface area contributed by atoms with E-state index in [1.54, 1.807) is 14.2 Å². The van der Waals surface area contributed by atoms with Gasteiger partial charge >= 0.3 is 0 Å². The van der Waals surface area contributed by atoms with Crippen molar-refractivity contribution in [2.75, 3.05) is 47.1 Å². The van der Waals surface area contributed by atoms with Gasteiger partial charge in [-0.15, -0.1) is 0 Å². The van der Waals surface area contributed by atoms with Crippen molar-refractivity contribution in [3.05, 3.63) is 59.2 Å². The molecule has 1 N–H and O–H groups in total. The summed E-state index contributed by atoms with van der Waals surface area (Å²) in [4.78, 5) is 2.34. The molecule has 0 aliphatic carbocycles. The highest BCUT2D eigenvalue weighted by Crippen LogP contribution is 2.36. The van der Waals surface area contributed by atoms with Crippen LogP contribution >= 0.6 is 0 Å². The van der Waals surface area contributed by atoms with E-state index in [9.17, 15) is 5.11 Å². The van der Waals surface area contributed by atoms with Gasteiger partial charge in [-0.05, 0) is 35.4 Å². The van der Waals surface area contributed by atoms with E-state index in [4.69, 9.17) is 18.9 Å². The van der Waals surface area contributed by atoms with Gasteiger partial charge < -0.3 is 24.1 Å². The van der Waals surface area contributed by atoms with Gasteiger partial charge in [0.25, 0.3) is 0 Å². The summed E-state index contributed by atoms with van der Waals surface area (Å²) in [5, 5.41) is 9.96. The maximum absolute atomic E-state index is 9.96. The normalized spacial score (nSPS) is 21.7. The van der Waals surface area contributed by atoms with Crippen LogP contribution in [0.5, 0.6) is 17.2 Å². The molecule has 2 atom stereocenters. The number of morpholine rings is 1. The van der Waals surface area contributed by atoms with E-state index in [0.717, 1.165) is 30.0 Å². The Hall–Kier alpha value is -2.54. The molecule has 0 saturated carbocycles. The van der Waals surface area contributed by atoms with Crippen molar-refractivity contribution >= 4 is 6.08 Å². The van der Waals surface area contributed by atoms with Crippen LogP contribution in [0.4, 0.5) is 0 Å². The van der Waals surface area contributed by atoms with Gasteiger partial charge in [0.05, 0.1) is 33.5 Å². The highest BCUT2D eigenvalue weighted by Gasteiger charge is 2.34. The van der Waals surface area contributed by atoms with Crippen LogP contribution in [0.25, 0.3) is 6.08 Å². The third-order valence-corrected chi connectivity index (χ3v) is 5.48. The van der Waals surface area contributed by atoms with Crippen molar-refractivity contribution in [3.8, 4) is 17.2 Å². The number of ether oxygens (including phenoxy) is 4. The summed E-state index contributed by atoms with van der Waals surface area (Å²) < 4.78 is 22.7. The first kappa shape index (κ1) is 19.8. The lowest BCUT2D eigenvalue weighted by atomic mass is 9.96. The van der Waals surface area contributed by atoms with Crippen molar-refractivity contribution in [3.63, 3.8) is 0 Å². The monoisotopic (exact) mass is 397 g/mol. The average molecular weight is 397 g/mol. The molecule has 1 saturated heterocycles. The molecule has 1 fully saturated rings. The molecule has 0 radical (unpaired) electrons. The van der Waals surface area contributed by atoms with Gasteiger partial charge in [-0.3, -0.25) is 4.90 Å². The minimum absolute atomic E-state index is 0.0477. The van der Waals surface area contributed by atoms with Crippen LogP contribution in [0.15, 0.2) is 48.0 Å². The molecule has 0 spiro atoms. The van der Waals surface area contributed by atoms with E-state index in [1.807, 2.05) is 36.4 Å². The lowest BCUT2D eigenvalue weighted by Gasteiger charge is -2.41. The number of benzene rings is 2. The first-order valence-corrected chi connectivity index (χ1v) is 9.83. The van der Waals surface area contributed by atoms with Crippen LogP contribution in [0.1, 0.15) is 17.2 Å². The largest absolute Gasteiger partial charge is 0.493 e. The van der Waals surface area contributed by atoms with E-state index >= 15 is 0 Å². The topological polar surface area (TPSA) is 60.4 Å². The van der Waals surface area contributed by atoms with Gasteiger partial charge in [-0.2, -0.15) is 0 Å². The van der Waals surface area contributed by atoms with E-state index in [2.05, 4.69) is 17.0 Å². The molecule has 154 valence electrons. The lowest BCUT2D eigenvalue weighted by Crippen LogP contribution is -2.47. The van der Waals surface area contributed by atoms with Gasteiger partial charge in [0.2, 0.25) is 0 Å². The second-order valence-electron chi connectivity index (χ2n) is 7.25. The molecule has 4 rings (SSSR count). The second-order valence-corrected chi connectivity index (χ2v) is 7.25. The number of rotatable bonds is 6. The van der Waals surface area contributed by atoms with E-state index in [1.165, 1.54) is 5.57 Å². The third-order valence-electron chi connectivity index (χ3n) is 5.48. The molecule has 2 aromatic carbocycles. The molecule has 0 unspecified atom stereocenters. The Morgan fingerprint density at radius 3 is 2.72 bits per heavy atom. The third kappa shape index (κ3) is 4.10. The van der Waals surface area contributed by atoms with E-state index in [-0.39, 0.29) is 18.8 Å². The van der Waals surface area contributed by atoms with E-state index < -0.39 is 0 Å². The molecule has 2 aromatic rings. The fourth-order valence-corrected chi connectivity index (χ4v) is 4.09. The number of fused-ring (bicyclic) bond motifs is 1. The van der Waals surface area contributed by atoms with Gasteiger partial charge in [-0.1, -0.05) is 24.3 Å². The number of nitrogens with zero attached hydrogens (tertiary/aromatic N) is 1. The number of para-hydroxylation sites is 1. The highest BCUT2D eigenvalue weighted by atomic mass is 16.5. The molecule has 29 heavy (non-hydrogen) atoms. The summed E-state index contributed by atoms with van der Waals surface area (Å²) in [5.41, 5.74) is 3.33. The molecule has 0 amide bonds. The van der Waals surface area contributed by atoms with Gasteiger partial charge in [0.15, 0.2) is 11.5 Å². The Labute approximate surface area is 171 Å². The van der Waals surface area contributed by atoms with Gasteiger partial charge in [0.1, 0.15) is 18.5 Å². The fraction of sp³-hybridized carbons (Fsp3) is 0.391. The number of methoxy groups -OCH3 is 2. The molecule has 6 heteroatoms. The van der Waals surface area contributed by atoms with Crippen LogP contribution in [-0.2, 0) is 4.74 Å². The summed E-state index contributed by atoms with van der Waals surface area (Å²) in [6.45, 7) is 2.62. The summed E-state index contributed by atoms with van der Waals surface area (Å²) in [7, 11) is 3.25. The predicted octanol–water partition coefficient (Wildman–Crippen LogP) is 2.91. The molecular formula is C23H27NO5. The average Bonchev–Trinajstić information content (AvgIpc) is 2.78. The maximum Gasteiger partial charge on any atom is 0.161 e. The number of aliphatic hydroxyl groups excluding tert-OH is 1. The Kier molecular flexibility index (Phi) is 6.04. The standard InChI is InChI=1S/C23H27NO5/c1-26-20-8-7-18(12-21(20)27-2)23-22(14-25)28-10-9-24(23)13-16-11-17-5-3-4-6-19(17)29-15-16/h3-8,11-12,22-23,25H,9-10,13-15H2,1-2H3/t22-,23-/m0/s1. The Morgan fingerprint density at radius 1 is 1.10 bits per heavy atom. The summed E-state index contributed by atoms with van der Waals surface area (Å²) in [6, 6.07) is 13.8. The van der Waals surface area contributed by atoms with Crippen LogP contribution in [-0.4, -0.2) is 63.2 Å². The van der Waals surface area contributed by atoms with Crippen LogP contribution in [0.3, 0.4) is 0 Å². The molecule has 6 nitrogen and oxygen atoms in total. The first-order valence-electron chi connectivity index (χ1n) is 9.83. The minimum atomic E-state index is -0.306. The highest BCUT2D eigenvalue weighted by molar-refractivity contribution is 5.62. The maximum atomic E-state index is 9.96. The summed E-state index contributed by atoms with van der Waals surface area (Å²) in [6.07, 6.45) is 1.90. The minimum Gasteiger partial charge on any atom is -0.493 e. The van der Waals surface area contributed by atoms with Crippen LogP contribution in [0.2, 0.25) is 0 Å². The number of aliphatic hydroxyl groups is 1. The number of hydrogen-bond donors (Lipinski definition) is 1. The van der Waals surface area contributed by atoms with Crippen molar-refractivity contribution in [2.45, 2.75) is 12.1 Å². The zero-order valence-electron chi connectivity index (χ0n) is 16.8. The van der Waals surface area contributed by atoms with Crippen molar-refractivity contribution in [1.82, 2.24) is 4.90 Å². The zero-order valence-corrected chi connectivity index (χ0v) is 16.8. The molecule has 2 heterocycles.